The molecule has 4 heteroatoms. The fourth-order valence-corrected chi connectivity index (χ4v) is 1.27. The van der Waals surface area contributed by atoms with Crippen molar-refractivity contribution in [1.82, 2.24) is 0 Å². The molecule has 2 N–H and O–H groups in total. The number of nitrogen functional groups attached to an aromatic ring is 1. The third kappa shape index (κ3) is 2.40. The molecule has 0 saturated carbocycles. The molecule has 0 amide bonds. The lowest BCUT2D eigenvalue weighted by Gasteiger charge is -1.96. The first kappa shape index (κ1) is 10.1. The number of hydrogen-bond donors (Lipinski definition) is 2. The lowest BCUT2D eigenvalue weighted by atomic mass is 10.3. The minimum atomic E-state index is 0. The fourth-order valence-electron chi connectivity index (χ4n) is 0.517. The Bertz CT molecular complexity index is 229. The van der Waals surface area contributed by atoms with E-state index in [1.54, 1.807) is 0 Å². The Morgan fingerprint density at radius 3 is 2.40 bits per heavy atom. The smallest absolute Gasteiger partial charge is 0.0450 e. The Morgan fingerprint density at radius 1 is 1.40 bits per heavy atom. The molecule has 0 unspecified atom stereocenters. The summed E-state index contributed by atoms with van der Waals surface area (Å²) in [6, 6.07) is 5.56. The average Bonchev–Trinajstić information content (AvgIpc) is 1.80. The van der Waals surface area contributed by atoms with E-state index in [1.807, 2.05) is 18.2 Å². The molecule has 0 heterocycles. The van der Waals surface area contributed by atoms with Gasteiger partial charge in [-0.3, -0.25) is 0 Å². The van der Waals surface area contributed by atoms with Crippen molar-refractivity contribution < 1.29 is 0 Å². The summed E-state index contributed by atoms with van der Waals surface area (Å²) < 4.78 is 1.00. The standard InChI is InChI=1S/C6H6BrNS.ClH/c7-4-1-2-5(8)6(9)3-4;/h1-3,9H,8H2;1H. The van der Waals surface area contributed by atoms with Crippen LogP contribution in [0, 0.1) is 0 Å². The molecule has 1 nitrogen and oxygen atoms in total. The molecule has 1 aromatic rings. The number of hydrogen-bond acceptors (Lipinski definition) is 2. The summed E-state index contributed by atoms with van der Waals surface area (Å²) in [5.74, 6) is 0. The lowest BCUT2D eigenvalue weighted by Crippen LogP contribution is -1.84. The van der Waals surface area contributed by atoms with Gasteiger partial charge >= 0.3 is 0 Å². The topological polar surface area (TPSA) is 26.0 Å². The molecule has 0 aromatic heterocycles. The monoisotopic (exact) mass is 239 g/mol. The first-order valence-electron chi connectivity index (χ1n) is 2.44. The zero-order valence-electron chi connectivity index (χ0n) is 5.04. The zero-order valence-corrected chi connectivity index (χ0v) is 8.34. The molecule has 0 aliphatic rings. The van der Waals surface area contributed by atoms with E-state index in [9.17, 15) is 0 Å². The Balaban J connectivity index is 0.000000810. The third-order valence-corrected chi connectivity index (χ3v) is 1.87. The number of benzene rings is 1. The predicted octanol–water partition coefficient (Wildman–Crippen LogP) is 2.74. The molecule has 0 fully saturated rings. The second-order valence-corrected chi connectivity index (χ2v) is 3.10. The molecule has 10 heavy (non-hydrogen) atoms. The summed E-state index contributed by atoms with van der Waals surface area (Å²) in [6.07, 6.45) is 0. The third-order valence-electron chi connectivity index (χ3n) is 0.992. The van der Waals surface area contributed by atoms with Crippen LogP contribution in [0.5, 0.6) is 0 Å². The van der Waals surface area contributed by atoms with E-state index in [0.29, 0.717) is 5.69 Å². The minimum absolute atomic E-state index is 0. The van der Waals surface area contributed by atoms with Crippen molar-refractivity contribution in [3.05, 3.63) is 22.7 Å². The van der Waals surface area contributed by atoms with Crippen molar-refractivity contribution in [2.45, 2.75) is 4.90 Å². The minimum Gasteiger partial charge on any atom is -0.398 e. The molecule has 0 saturated heterocycles. The number of thiol groups is 1. The van der Waals surface area contributed by atoms with Crippen LogP contribution in [0.25, 0.3) is 0 Å². The van der Waals surface area contributed by atoms with Crippen molar-refractivity contribution in [3.8, 4) is 0 Å². The Kier molecular flexibility index (Phi) is 4.17. The highest BCUT2D eigenvalue weighted by atomic mass is 79.9. The van der Waals surface area contributed by atoms with Crippen LogP contribution >= 0.6 is 41.0 Å². The van der Waals surface area contributed by atoms with Crippen molar-refractivity contribution in [3.63, 3.8) is 0 Å². The van der Waals surface area contributed by atoms with E-state index in [4.69, 9.17) is 5.73 Å². The number of nitrogens with two attached hydrogens (primary N) is 1. The van der Waals surface area contributed by atoms with Crippen LogP contribution in [-0.2, 0) is 0 Å². The van der Waals surface area contributed by atoms with Gasteiger partial charge < -0.3 is 5.73 Å². The van der Waals surface area contributed by atoms with Crippen molar-refractivity contribution >= 4 is 46.7 Å². The zero-order chi connectivity index (χ0) is 6.85. The second-order valence-electron chi connectivity index (χ2n) is 1.70. The van der Waals surface area contributed by atoms with Crippen LogP contribution in [0.15, 0.2) is 27.6 Å². The van der Waals surface area contributed by atoms with Crippen LogP contribution in [0.4, 0.5) is 5.69 Å². The van der Waals surface area contributed by atoms with Crippen molar-refractivity contribution in [2.75, 3.05) is 5.73 Å². The number of halogens is 2. The van der Waals surface area contributed by atoms with E-state index in [1.165, 1.54) is 0 Å². The van der Waals surface area contributed by atoms with Crippen LogP contribution in [0.3, 0.4) is 0 Å². The molecule has 0 radical (unpaired) electrons. The quantitative estimate of drug-likeness (QED) is 0.529. The summed E-state index contributed by atoms with van der Waals surface area (Å²) in [4.78, 5) is 0.810. The first-order chi connectivity index (χ1) is 4.20. The summed E-state index contributed by atoms with van der Waals surface area (Å²) in [7, 11) is 0. The largest absolute Gasteiger partial charge is 0.398 e. The first-order valence-corrected chi connectivity index (χ1v) is 3.68. The van der Waals surface area contributed by atoms with Gasteiger partial charge in [0.1, 0.15) is 0 Å². The van der Waals surface area contributed by atoms with E-state index in [-0.39, 0.29) is 12.4 Å². The molecule has 0 bridgehead atoms. The molecule has 0 aliphatic carbocycles. The van der Waals surface area contributed by atoms with Crippen LogP contribution in [0.2, 0.25) is 0 Å². The Labute approximate surface area is 79.9 Å². The van der Waals surface area contributed by atoms with E-state index < -0.39 is 0 Å². The van der Waals surface area contributed by atoms with Gasteiger partial charge in [0.05, 0.1) is 0 Å². The maximum Gasteiger partial charge on any atom is 0.0450 e. The summed E-state index contributed by atoms with van der Waals surface area (Å²) in [5.41, 5.74) is 6.20. The summed E-state index contributed by atoms with van der Waals surface area (Å²) >= 11 is 7.40. The van der Waals surface area contributed by atoms with Crippen LogP contribution < -0.4 is 5.73 Å². The SMILES string of the molecule is Cl.Nc1ccc(Br)cc1S. The van der Waals surface area contributed by atoms with Gasteiger partial charge in [0.25, 0.3) is 0 Å². The van der Waals surface area contributed by atoms with Crippen LogP contribution in [0.1, 0.15) is 0 Å². The van der Waals surface area contributed by atoms with E-state index in [0.717, 1.165) is 9.37 Å². The van der Waals surface area contributed by atoms with Gasteiger partial charge in [0.15, 0.2) is 0 Å². The lowest BCUT2D eigenvalue weighted by molar-refractivity contribution is 1.45. The molecule has 0 spiro atoms. The molecule has 56 valence electrons. The molecular weight excluding hydrogens is 233 g/mol. The van der Waals surface area contributed by atoms with Crippen molar-refractivity contribution in [2.24, 2.45) is 0 Å². The van der Waals surface area contributed by atoms with Gasteiger partial charge in [-0.2, -0.15) is 0 Å². The normalized spacial score (nSPS) is 8.60. The molecule has 0 atom stereocenters. The van der Waals surface area contributed by atoms with Gasteiger partial charge in [0.2, 0.25) is 0 Å². The van der Waals surface area contributed by atoms with Gasteiger partial charge in [-0.15, -0.1) is 25.0 Å². The van der Waals surface area contributed by atoms with Gasteiger partial charge in [-0.25, -0.2) is 0 Å². The molecule has 0 aliphatic heterocycles. The van der Waals surface area contributed by atoms with E-state index in [2.05, 4.69) is 28.6 Å². The molecule has 1 rings (SSSR count). The number of rotatable bonds is 0. The number of anilines is 1. The molecule has 1 aromatic carbocycles. The highest BCUT2D eigenvalue weighted by molar-refractivity contribution is 9.10. The van der Waals surface area contributed by atoms with Crippen molar-refractivity contribution in [1.29, 1.82) is 0 Å². The Hall–Kier alpha value is 0.140. The maximum atomic E-state index is 5.49. The average molecular weight is 241 g/mol. The molecular formula is C6H7BrClNS. The van der Waals surface area contributed by atoms with Gasteiger partial charge in [-0.05, 0) is 18.2 Å². The van der Waals surface area contributed by atoms with Gasteiger partial charge in [-0.1, -0.05) is 15.9 Å². The maximum absolute atomic E-state index is 5.49. The summed E-state index contributed by atoms with van der Waals surface area (Å²) in [5, 5.41) is 0. The second kappa shape index (κ2) is 4.11. The summed E-state index contributed by atoms with van der Waals surface area (Å²) in [6.45, 7) is 0. The van der Waals surface area contributed by atoms with E-state index >= 15 is 0 Å². The van der Waals surface area contributed by atoms with Gasteiger partial charge in [0, 0.05) is 15.1 Å². The van der Waals surface area contributed by atoms with Crippen LogP contribution in [-0.4, -0.2) is 0 Å². The highest BCUT2D eigenvalue weighted by Gasteiger charge is 1.91. The fraction of sp³-hybridized carbons (Fsp3) is 0. The highest BCUT2D eigenvalue weighted by Crippen LogP contribution is 2.20. The Morgan fingerprint density at radius 2 is 2.00 bits per heavy atom. The predicted molar refractivity (Wildman–Crippen MR) is 53.1 cm³/mol.